The summed E-state index contributed by atoms with van der Waals surface area (Å²) in [6.45, 7) is 0. The van der Waals surface area contributed by atoms with E-state index in [4.69, 9.17) is 0 Å². The van der Waals surface area contributed by atoms with Crippen LogP contribution in [0.15, 0.2) is 34.9 Å². The monoisotopic (exact) mass is 285 g/mol. The Bertz CT molecular complexity index is 514. The summed E-state index contributed by atoms with van der Waals surface area (Å²) in [7, 11) is 0. The van der Waals surface area contributed by atoms with Gasteiger partial charge in [-0.3, -0.25) is 4.79 Å². The molecule has 16 heavy (non-hydrogen) atoms. The van der Waals surface area contributed by atoms with Crippen LogP contribution in [0.1, 0.15) is 16.1 Å². The van der Waals surface area contributed by atoms with Crippen LogP contribution in [0.2, 0.25) is 0 Å². The van der Waals surface area contributed by atoms with Crippen molar-refractivity contribution in [2.24, 2.45) is 0 Å². The maximum atomic E-state index is 13.4. The first kappa shape index (κ1) is 11.0. The molecule has 1 aromatic carbocycles. The molecule has 0 saturated carbocycles. The van der Waals surface area contributed by atoms with Crippen LogP contribution >= 0.6 is 15.9 Å². The van der Waals surface area contributed by atoms with Crippen molar-refractivity contribution in [2.45, 2.75) is 0 Å². The lowest BCUT2D eigenvalue weighted by Gasteiger charge is -2.03. The van der Waals surface area contributed by atoms with Gasteiger partial charge in [-0.25, -0.2) is 8.78 Å². The Morgan fingerprint density at radius 2 is 1.88 bits per heavy atom. The number of benzene rings is 1. The molecule has 0 aliphatic carbocycles. The molecular formula is C11H6BrF2NO. The maximum absolute atomic E-state index is 13.4. The summed E-state index contributed by atoms with van der Waals surface area (Å²) < 4.78 is 27.2. The zero-order chi connectivity index (χ0) is 11.7. The second-order valence-corrected chi connectivity index (χ2v) is 4.07. The van der Waals surface area contributed by atoms with Crippen molar-refractivity contribution < 1.29 is 13.6 Å². The number of hydrogen-bond donors (Lipinski definition) is 1. The third kappa shape index (κ3) is 1.90. The van der Waals surface area contributed by atoms with Crippen LogP contribution in [0.5, 0.6) is 0 Å². The van der Waals surface area contributed by atoms with Crippen molar-refractivity contribution in [2.75, 3.05) is 0 Å². The Hall–Kier alpha value is -1.49. The second-order valence-electron chi connectivity index (χ2n) is 3.16. The molecule has 5 heteroatoms. The van der Waals surface area contributed by atoms with Gasteiger partial charge in [0, 0.05) is 10.7 Å². The van der Waals surface area contributed by atoms with Gasteiger partial charge in [-0.1, -0.05) is 15.9 Å². The third-order valence-corrected chi connectivity index (χ3v) is 2.53. The standard InChI is InChI=1S/C11H6BrF2NO/c12-6-4-7(13)10(8(14)5-6)11(16)9-2-1-3-15-9/h1-5,15H. The summed E-state index contributed by atoms with van der Waals surface area (Å²) in [6, 6.07) is 5.16. The average Bonchev–Trinajstić information content (AvgIpc) is 2.67. The minimum absolute atomic E-state index is 0.153. The maximum Gasteiger partial charge on any atom is 0.215 e. The molecule has 0 saturated heterocycles. The number of ketones is 1. The summed E-state index contributed by atoms with van der Waals surface area (Å²) in [5.74, 6) is -2.47. The molecule has 0 bridgehead atoms. The predicted octanol–water partition coefficient (Wildman–Crippen LogP) is 3.29. The molecule has 1 heterocycles. The molecule has 0 radical (unpaired) electrons. The molecule has 0 atom stereocenters. The van der Waals surface area contributed by atoms with Crippen molar-refractivity contribution in [3.05, 3.63) is 57.8 Å². The van der Waals surface area contributed by atoms with Gasteiger partial charge in [0.15, 0.2) is 0 Å². The number of aromatic nitrogens is 1. The van der Waals surface area contributed by atoms with Crippen LogP contribution < -0.4 is 0 Å². The van der Waals surface area contributed by atoms with E-state index in [0.717, 1.165) is 12.1 Å². The van der Waals surface area contributed by atoms with Gasteiger partial charge in [0.1, 0.15) is 11.6 Å². The number of carbonyl (C=O) groups excluding carboxylic acids is 1. The van der Waals surface area contributed by atoms with E-state index >= 15 is 0 Å². The lowest BCUT2D eigenvalue weighted by atomic mass is 10.1. The number of halogens is 3. The molecule has 0 aliphatic heterocycles. The van der Waals surface area contributed by atoms with Crippen molar-refractivity contribution >= 4 is 21.7 Å². The van der Waals surface area contributed by atoms with Crippen LogP contribution in [-0.2, 0) is 0 Å². The second kappa shape index (κ2) is 4.17. The van der Waals surface area contributed by atoms with Gasteiger partial charge >= 0.3 is 0 Å². The number of rotatable bonds is 2. The Balaban J connectivity index is 2.53. The fourth-order valence-corrected chi connectivity index (χ4v) is 1.77. The zero-order valence-corrected chi connectivity index (χ0v) is 9.51. The summed E-state index contributed by atoms with van der Waals surface area (Å²) >= 11 is 2.95. The Kier molecular flexibility index (Phi) is 2.87. The molecule has 1 N–H and O–H groups in total. The van der Waals surface area contributed by atoms with E-state index in [1.165, 1.54) is 12.3 Å². The Labute approximate surface area is 98.4 Å². The number of H-pyrrole nitrogens is 1. The predicted molar refractivity (Wildman–Crippen MR) is 58.3 cm³/mol. The summed E-state index contributed by atoms with van der Waals surface area (Å²) in [5.41, 5.74) is -0.397. The molecule has 0 aliphatic rings. The van der Waals surface area contributed by atoms with E-state index in [-0.39, 0.29) is 10.2 Å². The topological polar surface area (TPSA) is 32.9 Å². The number of hydrogen-bond acceptors (Lipinski definition) is 1. The molecule has 2 rings (SSSR count). The van der Waals surface area contributed by atoms with Crippen LogP contribution in [0.25, 0.3) is 0 Å². The van der Waals surface area contributed by atoms with Gasteiger partial charge < -0.3 is 4.98 Å². The minimum atomic E-state index is -0.883. The van der Waals surface area contributed by atoms with E-state index < -0.39 is 23.0 Å². The quantitative estimate of drug-likeness (QED) is 0.844. The van der Waals surface area contributed by atoms with Crippen LogP contribution in [0.3, 0.4) is 0 Å². The summed E-state index contributed by atoms with van der Waals surface area (Å²) in [4.78, 5) is 14.3. The fourth-order valence-electron chi connectivity index (χ4n) is 1.37. The highest BCUT2D eigenvalue weighted by Crippen LogP contribution is 2.21. The highest BCUT2D eigenvalue weighted by Gasteiger charge is 2.20. The van der Waals surface area contributed by atoms with Crippen molar-refractivity contribution in [3.8, 4) is 0 Å². The third-order valence-electron chi connectivity index (χ3n) is 2.08. The lowest BCUT2D eigenvalue weighted by molar-refractivity contribution is 0.102. The highest BCUT2D eigenvalue weighted by molar-refractivity contribution is 9.10. The van der Waals surface area contributed by atoms with Crippen LogP contribution in [-0.4, -0.2) is 10.8 Å². The molecule has 1 aromatic heterocycles. The molecular weight excluding hydrogens is 280 g/mol. The highest BCUT2D eigenvalue weighted by atomic mass is 79.9. The van der Waals surface area contributed by atoms with Gasteiger partial charge in [0.25, 0.3) is 0 Å². The van der Waals surface area contributed by atoms with Crippen LogP contribution in [0.4, 0.5) is 8.78 Å². The summed E-state index contributed by atoms with van der Waals surface area (Å²) in [6.07, 6.45) is 1.52. The first-order valence-corrected chi connectivity index (χ1v) is 5.21. The normalized spacial score (nSPS) is 10.4. The van der Waals surface area contributed by atoms with Gasteiger partial charge in [-0.2, -0.15) is 0 Å². The van der Waals surface area contributed by atoms with E-state index in [0.29, 0.717) is 0 Å². The van der Waals surface area contributed by atoms with Gasteiger partial charge in [0.05, 0.1) is 11.3 Å². The number of carbonyl (C=O) groups is 1. The van der Waals surface area contributed by atoms with Crippen molar-refractivity contribution in [1.82, 2.24) is 4.98 Å². The summed E-state index contributed by atoms with van der Waals surface area (Å²) in [5, 5.41) is 0. The largest absolute Gasteiger partial charge is 0.359 e. The fraction of sp³-hybridized carbons (Fsp3) is 0. The Morgan fingerprint density at radius 1 is 1.25 bits per heavy atom. The van der Waals surface area contributed by atoms with Crippen molar-refractivity contribution in [3.63, 3.8) is 0 Å². The number of aromatic amines is 1. The van der Waals surface area contributed by atoms with Gasteiger partial charge in [-0.05, 0) is 24.3 Å². The molecule has 2 nitrogen and oxygen atoms in total. The molecule has 0 amide bonds. The molecule has 0 unspecified atom stereocenters. The first-order chi connectivity index (χ1) is 7.59. The van der Waals surface area contributed by atoms with Gasteiger partial charge in [-0.15, -0.1) is 0 Å². The average molecular weight is 286 g/mol. The van der Waals surface area contributed by atoms with E-state index in [9.17, 15) is 13.6 Å². The molecule has 0 fully saturated rings. The molecule has 82 valence electrons. The van der Waals surface area contributed by atoms with E-state index in [1.807, 2.05) is 0 Å². The van der Waals surface area contributed by atoms with E-state index in [2.05, 4.69) is 20.9 Å². The molecule has 0 spiro atoms. The molecule has 2 aromatic rings. The number of nitrogens with one attached hydrogen (secondary N) is 1. The van der Waals surface area contributed by atoms with E-state index in [1.54, 1.807) is 6.07 Å². The van der Waals surface area contributed by atoms with Crippen molar-refractivity contribution in [1.29, 1.82) is 0 Å². The lowest BCUT2D eigenvalue weighted by Crippen LogP contribution is -2.07. The smallest absolute Gasteiger partial charge is 0.215 e. The minimum Gasteiger partial charge on any atom is -0.359 e. The van der Waals surface area contributed by atoms with Crippen LogP contribution in [0, 0.1) is 11.6 Å². The zero-order valence-electron chi connectivity index (χ0n) is 7.93. The SMILES string of the molecule is O=C(c1ccc[nH]1)c1c(F)cc(Br)cc1F. The Morgan fingerprint density at radius 3 is 2.38 bits per heavy atom. The first-order valence-electron chi connectivity index (χ1n) is 4.42. The van der Waals surface area contributed by atoms with Gasteiger partial charge in [0.2, 0.25) is 5.78 Å².